The fourth-order valence-corrected chi connectivity index (χ4v) is 1.08. The summed E-state index contributed by atoms with van der Waals surface area (Å²) in [5.74, 6) is 0. The molecule has 0 aromatic carbocycles. The molecule has 6 nitrogen and oxygen atoms in total. The molecule has 1 saturated heterocycles. The van der Waals surface area contributed by atoms with Gasteiger partial charge in [0.05, 0.1) is 6.61 Å². The zero-order valence-electron chi connectivity index (χ0n) is 6.24. The first-order chi connectivity index (χ1) is 5.57. The van der Waals surface area contributed by atoms with Gasteiger partial charge in [-0.2, -0.15) is 0 Å². The first-order valence-corrected chi connectivity index (χ1v) is 3.56. The van der Waals surface area contributed by atoms with Gasteiger partial charge in [-0.25, -0.2) is 0 Å². The van der Waals surface area contributed by atoms with Crippen LogP contribution in [-0.2, 0) is 4.74 Å². The summed E-state index contributed by atoms with van der Waals surface area (Å²) in [6.07, 6.45) is -7.04. The van der Waals surface area contributed by atoms with E-state index < -0.39 is 37.3 Å². The van der Waals surface area contributed by atoms with Gasteiger partial charge in [0.15, 0.2) is 6.29 Å². The minimum absolute atomic E-state index is 0. The second-order valence-electron chi connectivity index (χ2n) is 2.72. The molecule has 5 N–H and O–H groups in total. The van der Waals surface area contributed by atoms with Crippen molar-refractivity contribution in [3.8, 4) is 0 Å². The Morgan fingerprint density at radius 3 is 1.14 bits per heavy atom. The molecule has 22 heavy (non-hydrogen) atoms. The van der Waals surface area contributed by atoms with Crippen LogP contribution in [0, 0.1) is 0 Å². The Morgan fingerprint density at radius 2 is 0.864 bits per heavy atom. The number of ether oxygens (including phenoxy) is 1. The average molecular weight is 420 g/mol. The molecule has 0 aromatic rings. The SMILES string of the molecule is OC[C@H]1OC(O)[C@H](O)[C@@H](O)[C@@H]1O.[NaH].[NaH].[NaH].[NaH].[NaH].[NaH].[NaH].[NaH].[NaH].[NaH]. The maximum absolute atomic E-state index is 9.12. The number of rotatable bonds is 1. The Labute approximate surface area is 353 Å². The third-order valence-electron chi connectivity index (χ3n) is 1.87. The van der Waals surface area contributed by atoms with Crippen molar-refractivity contribution < 1.29 is 30.3 Å². The van der Waals surface area contributed by atoms with Crippen molar-refractivity contribution in [3.63, 3.8) is 0 Å². The van der Waals surface area contributed by atoms with Gasteiger partial charge in [-0.3, -0.25) is 0 Å². The topological polar surface area (TPSA) is 110 Å². The molecule has 5 atom stereocenters. The number of aliphatic hydroxyl groups is 5. The molecular formula is C6H22Na10O6. The van der Waals surface area contributed by atoms with E-state index in [1.807, 2.05) is 0 Å². The fourth-order valence-electron chi connectivity index (χ4n) is 1.08. The molecule has 92 valence electrons. The van der Waals surface area contributed by atoms with Crippen molar-refractivity contribution in [2.24, 2.45) is 0 Å². The first kappa shape index (κ1) is 63.5. The van der Waals surface area contributed by atoms with Crippen LogP contribution in [0.1, 0.15) is 0 Å². The van der Waals surface area contributed by atoms with Crippen molar-refractivity contribution in [1.82, 2.24) is 0 Å². The van der Waals surface area contributed by atoms with E-state index in [4.69, 9.17) is 25.5 Å². The van der Waals surface area contributed by atoms with Crippen molar-refractivity contribution in [3.05, 3.63) is 0 Å². The van der Waals surface area contributed by atoms with Gasteiger partial charge in [0, 0.05) is 0 Å². The molecule has 1 rings (SSSR count). The summed E-state index contributed by atoms with van der Waals surface area (Å²) in [5, 5.41) is 44.7. The van der Waals surface area contributed by atoms with Crippen LogP contribution >= 0.6 is 0 Å². The Balaban J connectivity index is -0.0000000180. The second-order valence-corrected chi connectivity index (χ2v) is 2.72. The summed E-state index contributed by atoms with van der Waals surface area (Å²) in [5.41, 5.74) is 0. The van der Waals surface area contributed by atoms with Gasteiger partial charge in [0.25, 0.3) is 0 Å². The van der Waals surface area contributed by atoms with Gasteiger partial charge < -0.3 is 30.3 Å². The Morgan fingerprint density at radius 1 is 0.545 bits per heavy atom. The van der Waals surface area contributed by atoms with Crippen LogP contribution < -0.4 is 0 Å². The molecule has 0 amide bonds. The van der Waals surface area contributed by atoms with Gasteiger partial charge in [-0.15, -0.1) is 0 Å². The van der Waals surface area contributed by atoms with Crippen LogP contribution in [0.25, 0.3) is 0 Å². The zero-order valence-corrected chi connectivity index (χ0v) is 6.24. The number of aliphatic hydroxyl groups excluding tert-OH is 5. The van der Waals surface area contributed by atoms with E-state index in [2.05, 4.69) is 4.74 Å². The van der Waals surface area contributed by atoms with E-state index >= 15 is 0 Å². The normalized spacial score (nSPS) is 26.9. The van der Waals surface area contributed by atoms with Crippen molar-refractivity contribution in [2.75, 3.05) is 6.61 Å². The second kappa shape index (κ2) is 38.0. The molecule has 1 aliphatic rings. The van der Waals surface area contributed by atoms with Gasteiger partial charge in [0.1, 0.15) is 24.4 Å². The van der Waals surface area contributed by atoms with E-state index in [9.17, 15) is 0 Å². The Bertz CT molecular complexity index is 168. The van der Waals surface area contributed by atoms with E-state index in [1.54, 1.807) is 0 Å². The van der Waals surface area contributed by atoms with Gasteiger partial charge in [-0.1, -0.05) is 0 Å². The van der Waals surface area contributed by atoms with Gasteiger partial charge in [0.2, 0.25) is 0 Å². The Hall–Kier alpha value is 9.76. The predicted octanol–water partition coefficient (Wildman–Crippen LogP) is -9.71. The molecule has 16 heteroatoms. The van der Waals surface area contributed by atoms with Crippen LogP contribution in [0.5, 0.6) is 0 Å². The van der Waals surface area contributed by atoms with E-state index in [1.165, 1.54) is 0 Å². The fraction of sp³-hybridized carbons (Fsp3) is 1.00. The van der Waals surface area contributed by atoms with Crippen molar-refractivity contribution in [1.29, 1.82) is 0 Å². The average Bonchev–Trinajstić information content (AvgIpc) is 2.08. The summed E-state index contributed by atoms with van der Waals surface area (Å²) >= 11 is 0. The molecule has 1 heterocycles. The van der Waals surface area contributed by atoms with Gasteiger partial charge in [-0.05, 0) is 0 Å². The van der Waals surface area contributed by atoms with E-state index in [0.29, 0.717) is 0 Å². The maximum atomic E-state index is 9.12. The monoisotopic (exact) mass is 420 g/mol. The standard InChI is InChI=1S/C6H12O6.10Na.10H/c7-1-2-3(8)4(9)5(10)6(11)12-2;;;;;;;;;;;;;;;;;;;;/h2-11H,1H2;;;;;;;;;;;;;;;;;;;;/t2-,3-,4+,5-,6?;;;;;;;;;;;;;;;;;;;;/m1..................../s1. The third kappa shape index (κ3) is 24.4. The minimum atomic E-state index is -1.57. The van der Waals surface area contributed by atoms with Crippen LogP contribution in [0.2, 0.25) is 0 Å². The number of hydrogen-bond donors (Lipinski definition) is 5. The molecule has 1 fully saturated rings. The summed E-state index contributed by atoms with van der Waals surface area (Å²) in [6, 6.07) is 0. The molecule has 0 aliphatic carbocycles. The Kier molecular flexibility index (Phi) is 110. The first-order valence-electron chi connectivity index (χ1n) is 3.56. The van der Waals surface area contributed by atoms with Crippen molar-refractivity contribution >= 4 is 296 Å². The molecule has 0 radical (unpaired) electrons. The third-order valence-corrected chi connectivity index (χ3v) is 1.87. The summed E-state index contributed by atoms with van der Waals surface area (Å²) in [4.78, 5) is 0. The summed E-state index contributed by atoms with van der Waals surface area (Å²) in [7, 11) is 0. The molecule has 1 unspecified atom stereocenters. The van der Waals surface area contributed by atoms with Crippen LogP contribution in [-0.4, -0.2) is 358 Å². The van der Waals surface area contributed by atoms with Crippen LogP contribution in [0.3, 0.4) is 0 Å². The molecule has 0 saturated carbocycles. The molecule has 1 aliphatic heterocycles. The van der Waals surface area contributed by atoms with E-state index in [-0.39, 0.29) is 296 Å². The summed E-state index contributed by atoms with van der Waals surface area (Å²) < 4.78 is 4.58. The number of hydrogen-bond acceptors (Lipinski definition) is 6. The molecular weight excluding hydrogens is 398 g/mol. The zero-order chi connectivity index (χ0) is 9.30. The summed E-state index contributed by atoms with van der Waals surface area (Å²) in [6.45, 7) is -0.526. The quantitative estimate of drug-likeness (QED) is 0.270. The van der Waals surface area contributed by atoms with Crippen molar-refractivity contribution in [2.45, 2.75) is 30.7 Å². The van der Waals surface area contributed by atoms with Gasteiger partial charge >= 0.3 is 296 Å². The van der Waals surface area contributed by atoms with Crippen LogP contribution in [0.15, 0.2) is 0 Å². The molecule has 0 aromatic heterocycles. The molecule has 0 spiro atoms. The predicted molar refractivity (Wildman–Crippen MR) is 107 cm³/mol. The molecule has 0 bridgehead atoms. The van der Waals surface area contributed by atoms with E-state index in [0.717, 1.165) is 0 Å². The van der Waals surface area contributed by atoms with Crippen LogP contribution in [0.4, 0.5) is 0 Å².